The summed E-state index contributed by atoms with van der Waals surface area (Å²) in [5.41, 5.74) is 1.23. The molecular formula is C23H21FN2O5S. The van der Waals surface area contributed by atoms with Crippen molar-refractivity contribution in [3.05, 3.63) is 75.9 Å². The lowest BCUT2D eigenvalue weighted by Gasteiger charge is -2.07. The van der Waals surface area contributed by atoms with Crippen LogP contribution >= 0.6 is 11.3 Å². The molecule has 2 N–H and O–H groups in total. The van der Waals surface area contributed by atoms with E-state index in [9.17, 15) is 18.8 Å². The minimum absolute atomic E-state index is 0.104. The molecule has 0 aliphatic heterocycles. The van der Waals surface area contributed by atoms with Gasteiger partial charge in [0.15, 0.2) is 0 Å². The highest BCUT2D eigenvalue weighted by Gasteiger charge is 2.27. The largest absolute Gasteiger partial charge is 0.497 e. The highest BCUT2D eigenvalue weighted by atomic mass is 32.1. The van der Waals surface area contributed by atoms with Crippen LogP contribution in [0, 0.1) is 12.7 Å². The molecule has 3 aromatic rings. The number of amides is 2. The van der Waals surface area contributed by atoms with Gasteiger partial charge in [0.25, 0.3) is 11.8 Å². The molecule has 0 atom stereocenters. The Bertz CT molecular complexity index is 1140. The minimum atomic E-state index is -0.654. The molecule has 32 heavy (non-hydrogen) atoms. The first-order chi connectivity index (χ1) is 15.3. The second-order valence-electron chi connectivity index (χ2n) is 6.62. The third-order valence-corrected chi connectivity index (χ3v) is 5.72. The van der Waals surface area contributed by atoms with Crippen molar-refractivity contribution < 1.29 is 28.2 Å². The molecule has 0 saturated carbocycles. The number of ether oxygens (including phenoxy) is 2. The van der Waals surface area contributed by atoms with Crippen molar-refractivity contribution in [1.29, 1.82) is 0 Å². The summed E-state index contributed by atoms with van der Waals surface area (Å²) in [6.45, 7) is 3.40. The molecule has 3 rings (SSSR count). The van der Waals surface area contributed by atoms with Gasteiger partial charge >= 0.3 is 5.97 Å². The summed E-state index contributed by atoms with van der Waals surface area (Å²) < 4.78 is 23.4. The van der Waals surface area contributed by atoms with E-state index in [-0.39, 0.29) is 27.6 Å². The monoisotopic (exact) mass is 456 g/mol. The molecule has 2 amide bonds. The molecule has 0 saturated heterocycles. The van der Waals surface area contributed by atoms with Crippen LogP contribution in [0.15, 0.2) is 48.5 Å². The molecule has 166 valence electrons. The Balaban J connectivity index is 1.91. The third kappa shape index (κ3) is 5.12. The maximum Gasteiger partial charge on any atom is 0.341 e. The molecular weight excluding hydrogens is 435 g/mol. The highest BCUT2D eigenvalue weighted by Crippen LogP contribution is 2.34. The van der Waals surface area contributed by atoms with E-state index >= 15 is 0 Å². The van der Waals surface area contributed by atoms with Crippen molar-refractivity contribution in [3.8, 4) is 5.75 Å². The van der Waals surface area contributed by atoms with Crippen molar-refractivity contribution >= 4 is 39.8 Å². The Morgan fingerprint density at radius 2 is 1.62 bits per heavy atom. The van der Waals surface area contributed by atoms with E-state index < -0.39 is 23.6 Å². The molecule has 0 fully saturated rings. The summed E-state index contributed by atoms with van der Waals surface area (Å²) in [5, 5.41) is 5.58. The predicted molar refractivity (Wildman–Crippen MR) is 120 cm³/mol. The van der Waals surface area contributed by atoms with Crippen LogP contribution in [0.4, 0.5) is 15.1 Å². The lowest BCUT2D eigenvalue weighted by atomic mass is 10.1. The zero-order chi connectivity index (χ0) is 23.3. The van der Waals surface area contributed by atoms with Crippen LogP contribution in [0.2, 0.25) is 0 Å². The van der Waals surface area contributed by atoms with Gasteiger partial charge in [-0.2, -0.15) is 0 Å². The summed E-state index contributed by atoms with van der Waals surface area (Å²) in [4.78, 5) is 38.3. The normalized spacial score (nSPS) is 10.4. The van der Waals surface area contributed by atoms with Crippen molar-refractivity contribution in [2.24, 2.45) is 0 Å². The second-order valence-corrected chi connectivity index (χ2v) is 7.65. The fourth-order valence-corrected chi connectivity index (χ4v) is 3.99. The molecule has 0 spiro atoms. The van der Waals surface area contributed by atoms with Gasteiger partial charge in [0.05, 0.1) is 24.2 Å². The van der Waals surface area contributed by atoms with Crippen LogP contribution in [-0.2, 0) is 4.74 Å². The van der Waals surface area contributed by atoms with E-state index in [0.717, 1.165) is 23.5 Å². The van der Waals surface area contributed by atoms with E-state index in [1.807, 2.05) is 0 Å². The minimum Gasteiger partial charge on any atom is -0.497 e. The Labute approximate surface area is 188 Å². The van der Waals surface area contributed by atoms with Crippen LogP contribution in [-0.4, -0.2) is 31.5 Å². The molecule has 0 unspecified atom stereocenters. The lowest BCUT2D eigenvalue weighted by molar-refractivity contribution is 0.0527. The van der Waals surface area contributed by atoms with Gasteiger partial charge in [-0.1, -0.05) is 0 Å². The summed E-state index contributed by atoms with van der Waals surface area (Å²) in [6, 6.07) is 11.7. The molecule has 0 bridgehead atoms. The van der Waals surface area contributed by atoms with Gasteiger partial charge < -0.3 is 20.1 Å². The maximum atomic E-state index is 13.2. The Morgan fingerprint density at radius 1 is 0.969 bits per heavy atom. The molecule has 7 nitrogen and oxygen atoms in total. The molecule has 9 heteroatoms. The Kier molecular flexibility index (Phi) is 7.21. The first kappa shape index (κ1) is 23.0. The molecule has 0 aliphatic rings. The number of thiophene rings is 1. The summed E-state index contributed by atoms with van der Waals surface area (Å²) in [5.74, 6) is -1.47. The van der Waals surface area contributed by atoms with Crippen molar-refractivity contribution in [3.63, 3.8) is 0 Å². The number of esters is 1. The summed E-state index contributed by atoms with van der Waals surface area (Å²) in [6.07, 6.45) is 0. The van der Waals surface area contributed by atoms with Gasteiger partial charge in [-0.3, -0.25) is 9.59 Å². The first-order valence-corrected chi connectivity index (χ1v) is 10.5. The number of nitrogens with one attached hydrogen (secondary N) is 2. The van der Waals surface area contributed by atoms with E-state index in [0.29, 0.717) is 17.0 Å². The average Bonchev–Trinajstić information content (AvgIpc) is 3.10. The molecule has 1 aromatic heterocycles. The summed E-state index contributed by atoms with van der Waals surface area (Å²) >= 11 is 0.958. The van der Waals surface area contributed by atoms with Gasteiger partial charge in [0, 0.05) is 11.3 Å². The SMILES string of the molecule is CCOC(=O)c1c(NC(=O)c2ccc(F)cc2)sc(C(=O)Nc2ccc(OC)cc2)c1C. The third-order valence-electron chi connectivity index (χ3n) is 4.51. The number of rotatable bonds is 7. The van der Waals surface area contributed by atoms with Gasteiger partial charge in [-0.05, 0) is 67.9 Å². The van der Waals surface area contributed by atoms with Gasteiger partial charge in [0.1, 0.15) is 16.6 Å². The van der Waals surface area contributed by atoms with E-state index in [2.05, 4.69) is 10.6 Å². The number of hydrogen-bond acceptors (Lipinski definition) is 6. The van der Waals surface area contributed by atoms with Gasteiger partial charge in [0.2, 0.25) is 0 Å². The topological polar surface area (TPSA) is 93.7 Å². The fourth-order valence-electron chi connectivity index (χ4n) is 2.91. The number of methoxy groups -OCH3 is 1. The quantitative estimate of drug-likeness (QED) is 0.494. The van der Waals surface area contributed by atoms with E-state index in [1.165, 1.54) is 12.1 Å². The van der Waals surface area contributed by atoms with Crippen LogP contribution in [0.5, 0.6) is 5.75 Å². The van der Waals surface area contributed by atoms with Crippen LogP contribution in [0.1, 0.15) is 42.9 Å². The van der Waals surface area contributed by atoms with Gasteiger partial charge in [-0.25, -0.2) is 9.18 Å². The number of benzene rings is 2. The van der Waals surface area contributed by atoms with E-state index in [1.54, 1.807) is 45.2 Å². The lowest BCUT2D eigenvalue weighted by Crippen LogP contribution is -2.15. The number of hydrogen-bond donors (Lipinski definition) is 2. The standard InChI is InChI=1S/C23H21FN2O5S/c1-4-31-23(29)18-13(2)19(21(28)25-16-9-11-17(30-3)12-10-16)32-22(18)26-20(27)14-5-7-15(24)8-6-14/h5-12H,4H2,1-3H3,(H,25,28)(H,26,27). The Morgan fingerprint density at radius 3 is 2.22 bits per heavy atom. The smallest absolute Gasteiger partial charge is 0.341 e. The van der Waals surface area contributed by atoms with E-state index in [4.69, 9.17) is 9.47 Å². The van der Waals surface area contributed by atoms with Gasteiger partial charge in [-0.15, -0.1) is 11.3 Å². The van der Waals surface area contributed by atoms with Crippen LogP contribution in [0.25, 0.3) is 0 Å². The number of anilines is 2. The predicted octanol–water partition coefficient (Wildman–Crippen LogP) is 4.89. The average molecular weight is 456 g/mol. The molecule has 1 heterocycles. The first-order valence-electron chi connectivity index (χ1n) is 9.66. The number of halogens is 1. The Hall–Kier alpha value is -3.72. The molecule has 0 radical (unpaired) electrons. The number of carbonyl (C=O) groups is 3. The molecule has 0 aliphatic carbocycles. The molecule has 2 aromatic carbocycles. The van der Waals surface area contributed by atoms with Crippen molar-refractivity contribution in [1.82, 2.24) is 0 Å². The second kappa shape index (κ2) is 10.1. The highest BCUT2D eigenvalue weighted by molar-refractivity contribution is 7.19. The van der Waals surface area contributed by atoms with Crippen molar-refractivity contribution in [2.45, 2.75) is 13.8 Å². The van der Waals surface area contributed by atoms with Crippen LogP contribution < -0.4 is 15.4 Å². The summed E-state index contributed by atoms with van der Waals surface area (Å²) in [7, 11) is 1.54. The van der Waals surface area contributed by atoms with Crippen LogP contribution in [0.3, 0.4) is 0 Å². The number of carbonyl (C=O) groups excluding carboxylic acids is 3. The zero-order valence-electron chi connectivity index (χ0n) is 17.7. The fraction of sp³-hybridized carbons (Fsp3) is 0.174. The maximum absolute atomic E-state index is 13.2. The zero-order valence-corrected chi connectivity index (χ0v) is 18.5. The van der Waals surface area contributed by atoms with Crippen molar-refractivity contribution in [2.75, 3.05) is 24.4 Å².